The van der Waals surface area contributed by atoms with Crippen molar-refractivity contribution in [1.82, 2.24) is 9.97 Å². The molecule has 1 aromatic carbocycles. The number of hydrogen-bond acceptors (Lipinski definition) is 3. The summed E-state index contributed by atoms with van der Waals surface area (Å²) < 4.78 is 4.62. The van der Waals surface area contributed by atoms with Gasteiger partial charge in [-0.05, 0) is 90.4 Å². The zero-order valence-corrected chi connectivity index (χ0v) is 17.9. The molecule has 0 saturated carbocycles. The summed E-state index contributed by atoms with van der Waals surface area (Å²) in [5.74, 6) is -0.824. The number of carbonyl (C=O) groups is 1. The van der Waals surface area contributed by atoms with Crippen LogP contribution in [0.4, 0.5) is 0 Å². The Bertz CT molecular complexity index is 598. The molecule has 9 heteroatoms. The second-order valence-corrected chi connectivity index (χ2v) is 8.48. The summed E-state index contributed by atoms with van der Waals surface area (Å²) >= 11 is 10.4. The SMILES string of the molecule is O=C(O)CSc1nc2c(I)c(I)c(I)c(I)c2[nH]1. The van der Waals surface area contributed by atoms with E-state index in [1.54, 1.807) is 0 Å². The Morgan fingerprint density at radius 1 is 1.17 bits per heavy atom. The Morgan fingerprint density at radius 2 is 1.78 bits per heavy atom. The number of fused-ring (bicyclic) bond motifs is 1. The van der Waals surface area contributed by atoms with Crippen LogP contribution in [-0.2, 0) is 4.79 Å². The predicted octanol–water partition coefficient (Wildman–Crippen LogP) is 4.16. The highest BCUT2D eigenvalue weighted by Gasteiger charge is 2.17. The molecule has 0 radical (unpaired) electrons. The van der Waals surface area contributed by atoms with E-state index in [4.69, 9.17) is 5.11 Å². The minimum Gasteiger partial charge on any atom is -0.481 e. The fraction of sp³-hybridized carbons (Fsp3) is 0.111. The molecule has 2 rings (SSSR count). The number of nitrogens with zero attached hydrogens (tertiary/aromatic N) is 1. The molecule has 1 aromatic heterocycles. The van der Waals surface area contributed by atoms with Crippen LogP contribution >= 0.6 is 102 Å². The number of aromatic nitrogens is 2. The molecule has 0 spiro atoms. The number of halogens is 4. The molecule has 4 nitrogen and oxygen atoms in total. The molecule has 0 fully saturated rings. The van der Waals surface area contributed by atoms with Crippen LogP contribution in [0.3, 0.4) is 0 Å². The average Bonchev–Trinajstić information content (AvgIpc) is 2.75. The summed E-state index contributed by atoms with van der Waals surface area (Å²) in [6.45, 7) is 0. The molecule has 96 valence electrons. The minimum absolute atomic E-state index is 0.0150. The molecule has 2 N–H and O–H groups in total. The average molecular weight is 712 g/mol. The number of H-pyrrole nitrogens is 1. The van der Waals surface area contributed by atoms with Crippen molar-refractivity contribution >= 4 is 119 Å². The van der Waals surface area contributed by atoms with Gasteiger partial charge in [0.1, 0.15) is 5.52 Å². The predicted molar refractivity (Wildman–Crippen MR) is 105 cm³/mol. The van der Waals surface area contributed by atoms with Gasteiger partial charge in [0.05, 0.1) is 18.4 Å². The maximum absolute atomic E-state index is 10.6. The number of carboxylic acids is 1. The largest absolute Gasteiger partial charge is 0.481 e. The van der Waals surface area contributed by atoms with E-state index in [1.807, 2.05) is 0 Å². The molecule has 0 amide bonds. The van der Waals surface area contributed by atoms with Gasteiger partial charge in [-0.1, -0.05) is 11.8 Å². The summed E-state index contributed by atoms with van der Waals surface area (Å²) in [5, 5.41) is 9.33. The first-order valence-corrected chi connectivity index (χ1v) is 9.78. The van der Waals surface area contributed by atoms with Crippen LogP contribution in [0.2, 0.25) is 0 Å². The highest BCUT2D eigenvalue weighted by Crippen LogP contribution is 2.34. The van der Waals surface area contributed by atoms with E-state index >= 15 is 0 Å². The van der Waals surface area contributed by atoms with Crippen molar-refractivity contribution in [3.05, 3.63) is 14.3 Å². The Hall–Kier alpha value is 1.43. The lowest BCUT2D eigenvalue weighted by Gasteiger charge is -2.04. The van der Waals surface area contributed by atoms with Crippen molar-refractivity contribution in [2.75, 3.05) is 5.75 Å². The van der Waals surface area contributed by atoms with Gasteiger partial charge in [-0.25, -0.2) is 4.98 Å². The van der Waals surface area contributed by atoms with E-state index in [2.05, 4.69) is 100 Å². The fourth-order valence-corrected chi connectivity index (χ4v) is 5.28. The van der Waals surface area contributed by atoms with Gasteiger partial charge in [-0.3, -0.25) is 4.79 Å². The number of benzene rings is 1. The molecule has 1 heterocycles. The first-order chi connectivity index (χ1) is 8.41. The van der Waals surface area contributed by atoms with E-state index in [-0.39, 0.29) is 5.75 Å². The topological polar surface area (TPSA) is 66.0 Å². The van der Waals surface area contributed by atoms with Crippen molar-refractivity contribution < 1.29 is 9.90 Å². The summed E-state index contributed by atoms with van der Waals surface area (Å²) in [6, 6.07) is 0. The van der Waals surface area contributed by atoms with Gasteiger partial charge < -0.3 is 10.1 Å². The number of carboxylic acid groups (broad SMARTS) is 1. The lowest BCUT2D eigenvalue weighted by Crippen LogP contribution is -1.97. The number of aromatic amines is 1. The molecular formula is C9H4I4N2O2S. The lowest BCUT2D eigenvalue weighted by molar-refractivity contribution is -0.133. The number of hydrogen-bond donors (Lipinski definition) is 2. The van der Waals surface area contributed by atoms with Gasteiger partial charge >= 0.3 is 5.97 Å². The van der Waals surface area contributed by atoms with E-state index in [1.165, 1.54) is 18.9 Å². The Kier molecular flexibility index (Phi) is 5.68. The molecule has 0 saturated heterocycles. The van der Waals surface area contributed by atoms with Crippen molar-refractivity contribution in [2.24, 2.45) is 0 Å². The van der Waals surface area contributed by atoms with Gasteiger partial charge in [-0.2, -0.15) is 0 Å². The van der Waals surface area contributed by atoms with Gasteiger partial charge in [0.15, 0.2) is 5.16 Å². The highest BCUT2D eigenvalue weighted by molar-refractivity contribution is 14.1. The van der Waals surface area contributed by atoms with Gasteiger partial charge in [0.2, 0.25) is 0 Å². The number of imidazole rings is 1. The summed E-state index contributed by atoms with van der Waals surface area (Å²) in [4.78, 5) is 18.2. The van der Waals surface area contributed by atoms with Crippen LogP contribution < -0.4 is 0 Å². The van der Waals surface area contributed by atoms with Crippen LogP contribution in [0.1, 0.15) is 0 Å². The minimum atomic E-state index is -0.839. The third kappa shape index (κ3) is 3.19. The van der Waals surface area contributed by atoms with E-state index in [0.29, 0.717) is 5.16 Å². The summed E-state index contributed by atoms with van der Waals surface area (Å²) in [5.41, 5.74) is 1.90. The van der Waals surface area contributed by atoms with Crippen molar-refractivity contribution in [1.29, 1.82) is 0 Å². The molecule has 0 aliphatic carbocycles. The van der Waals surface area contributed by atoms with Crippen LogP contribution in [0.15, 0.2) is 5.16 Å². The molecule has 0 bridgehead atoms. The Balaban J connectivity index is 2.54. The third-order valence-electron chi connectivity index (χ3n) is 2.02. The maximum Gasteiger partial charge on any atom is 0.313 e. The smallest absolute Gasteiger partial charge is 0.313 e. The maximum atomic E-state index is 10.6. The van der Waals surface area contributed by atoms with Crippen LogP contribution in [-0.4, -0.2) is 26.8 Å². The second-order valence-electron chi connectivity index (χ2n) is 3.20. The first-order valence-electron chi connectivity index (χ1n) is 4.48. The van der Waals surface area contributed by atoms with Crippen molar-refractivity contribution in [2.45, 2.75) is 5.16 Å². The van der Waals surface area contributed by atoms with Gasteiger partial charge in [0, 0.05) is 7.14 Å². The van der Waals surface area contributed by atoms with Crippen molar-refractivity contribution in [3.63, 3.8) is 0 Å². The van der Waals surface area contributed by atoms with Crippen LogP contribution in [0.5, 0.6) is 0 Å². The molecule has 0 aliphatic heterocycles. The molecule has 0 atom stereocenters. The Morgan fingerprint density at radius 3 is 2.39 bits per heavy atom. The third-order valence-corrected chi connectivity index (χ3v) is 10.3. The second kappa shape index (κ2) is 6.46. The molecule has 18 heavy (non-hydrogen) atoms. The first kappa shape index (κ1) is 15.8. The standard InChI is InChI=1S/C9H4I4N2O2S/c10-3-4(11)6(13)8-7(5(3)12)14-9(15-8)18-1-2(16)17/h1H2,(H,14,15)(H,16,17). The Labute approximate surface area is 161 Å². The fourth-order valence-electron chi connectivity index (χ4n) is 1.27. The van der Waals surface area contributed by atoms with E-state index < -0.39 is 5.97 Å². The quantitative estimate of drug-likeness (QED) is 0.218. The van der Waals surface area contributed by atoms with Crippen LogP contribution in [0, 0.1) is 14.3 Å². The van der Waals surface area contributed by atoms with E-state index in [0.717, 1.165) is 18.2 Å². The molecule has 0 aliphatic rings. The number of nitrogens with one attached hydrogen (secondary N) is 1. The molecule has 0 unspecified atom stereocenters. The molecule has 2 aromatic rings. The number of thioether (sulfide) groups is 1. The summed E-state index contributed by atoms with van der Waals surface area (Å²) in [6.07, 6.45) is 0. The van der Waals surface area contributed by atoms with Crippen molar-refractivity contribution in [3.8, 4) is 0 Å². The lowest BCUT2D eigenvalue weighted by atomic mass is 10.3. The zero-order valence-electron chi connectivity index (χ0n) is 8.43. The number of aliphatic carboxylic acids is 1. The van der Waals surface area contributed by atoms with Crippen LogP contribution in [0.25, 0.3) is 11.0 Å². The summed E-state index contributed by atoms with van der Waals surface area (Å²) in [7, 11) is 0. The van der Waals surface area contributed by atoms with E-state index in [9.17, 15) is 4.79 Å². The molecular weight excluding hydrogens is 708 g/mol. The highest BCUT2D eigenvalue weighted by atomic mass is 127. The monoisotopic (exact) mass is 712 g/mol. The zero-order chi connectivity index (χ0) is 13.4. The normalized spacial score (nSPS) is 11.1. The van der Waals surface area contributed by atoms with Gasteiger partial charge in [0.25, 0.3) is 0 Å². The van der Waals surface area contributed by atoms with Gasteiger partial charge in [-0.15, -0.1) is 0 Å². The number of rotatable bonds is 3.